The first-order chi connectivity index (χ1) is 12.4. The number of benzene rings is 1. The van der Waals surface area contributed by atoms with Gasteiger partial charge in [-0.05, 0) is 31.9 Å². The molecule has 0 saturated heterocycles. The van der Waals surface area contributed by atoms with Crippen molar-refractivity contribution in [3.8, 4) is 6.07 Å². The number of nitrogens with one attached hydrogen (secondary N) is 1. The highest BCUT2D eigenvalue weighted by atomic mass is 19.4. The fourth-order valence-electron chi connectivity index (χ4n) is 2.00. The molecule has 9 heteroatoms. The maximum atomic E-state index is 12.0. The lowest BCUT2D eigenvalue weighted by Crippen LogP contribution is -2.39. The predicted molar refractivity (Wildman–Crippen MR) is 89.6 cm³/mol. The van der Waals surface area contributed by atoms with Crippen LogP contribution in [0.5, 0.6) is 0 Å². The molecule has 1 rings (SSSR count). The van der Waals surface area contributed by atoms with Crippen LogP contribution in [0.3, 0.4) is 0 Å². The van der Waals surface area contributed by atoms with E-state index in [-0.39, 0.29) is 12.8 Å². The Balaban J connectivity index is 2.52. The summed E-state index contributed by atoms with van der Waals surface area (Å²) in [5.74, 6) is -2.22. The van der Waals surface area contributed by atoms with Gasteiger partial charge in [0.2, 0.25) is 0 Å². The van der Waals surface area contributed by atoms with Gasteiger partial charge in [-0.2, -0.15) is 18.4 Å². The fraction of sp³-hybridized carbons (Fsp3) is 0.500. The SMILES string of the molecule is CC(C)(C)OC(=O)N[C@H](C#N)Cc1ccc(CCOC(=O)C(F)(F)F)cc1. The maximum Gasteiger partial charge on any atom is 0.490 e. The van der Waals surface area contributed by atoms with Gasteiger partial charge in [-0.15, -0.1) is 0 Å². The number of rotatable bonds is 6. The average molecular weight is 386 g/mol. The topological polar surface area (TPSA) is 88.4 Å². The summed E-state index contributed by atoms with van der Waals surface area (Å²) in [5.41, 5.74) is 0.734. The van der Waals surface area contributed by atoms with Crippen molar-refractivity contribution in [1.29, 1.82) is 5.26 Å². The zero-order chi connectivity index (χ0) is 20.7. The minimum atomic E-state index is -5.00. The first kappa shape index (κ1) is 22.3. The molecule has 1 aromatic carbocycles. The van der Waals surface area contributed by atoms with E-state index in [1.165, 1.54) is 0 Å². The lowest BCUT2D eigenvalue weighted by atomic mass is 10.0. The molecule has 0 bridgehead atoms. The van der Waals surface area contributed by atoms with Gasteiger partial charge in [0.15, 0.2) is 0 Å². The summed E-state index contributed by atoms with van der Waals surface area (Å²) >= 11 is 0. The largest absolute Gasteiger partial charge is 0.490 e. The van der Waals surface area contributed by atoms with E-state index in [9.17, 15) is 22.8 Å². The zero-order valence-electron chi connectivity index (χ0n) is 15.2. The van der Waals surface area contributed by atoms with E-state index in [0.717, 1.165) is 5.56 Å². The second-order valence-corrected chi connectivity index (χ2v) is 6.73. The molecular weight excluding hydrogens is 365 g/mol. The highest BCUT2D eigenvalue weighted by Crippen LogP contribution is 2.17. The molecule has 0 aliphatic carbocycles. The van der Waals surface area contributed by atoms with Crippen LogP contribution in [0.15, 0.2) is 24.3 Å². The van der Waals surface area contributed by atoms with Gasteiger partial charge in [-0.1, -0.05) is 24.3 Å². The van der Waals surface area contributed by atoms with Crippen LogP contribution in [-0.2, 0) is 27.1 Å². The molecule has 0 radical (unpaired) electrons. The molecule has 148 valence electrons. The highest BCUT2D eigenvalue weighted by Gasteiger charge is 2.40. The van der Waals surface area contributed by atoms with Gasteiger partial charge in [0.05, 0.1) is 12.7 Å². The van der Waals surface area contributed by atoms with Crippen molar-refractivity contribution in [3.63, 3.8) is 0 Å². The summed E-state index contributed by atoms with van der Waals surface area (Å²) in [6.07, 6.45) is -5.34. The van der Waals surface area contributed by atoms with Crippen LogP contribution >= 0.6 is 0 Å². The van der Waals surface area contributed by atoms with Crippen molar-refractivity contribution >= 4 is 12.1 Å². The zero-order valence-corrected chi connectivity index (χ0v) is 15.2. The number of alkyl carbamates (subject to hydrolysis) is 1. The highest BCUT2D eigenvalue weighted by molar-refractivity contribution is 5.75. The predicted octanol–water partition coefficient (Wildman–Crippen LogP) is 3.29. The van der Waals surface area contributed by atoms with Gasteiger partial charge in [0, 0.05) is 12.8 Å². The second-order valence-electron chi connectivity index (χ2n) is 6.73. The number of ether oxygens (including phenoxy) is 2. The molecule has 6 nitrogen and oxygen atoms in total. The Morgan fingerprint density at radius 2 is 1.70 bits per heavy atom. The van der Waals surface area contributed by atoms with Gasteiger partial charge in [0.1, 0.15) is 11.6 Å². The standard InChI is InChI=1S/C18H21F3N2O4/c1-17(2,3)27-16(25)23-14(11-22)10-13-6-4-12(5-7-13)8-9-26-15(24)18(19,20)21/h4-7,14H,8-10H2,1-3H3,(H,23,25)/t14-/m0/s1. The Kier molecular flexibility index (Phi) is 7.64. The first-order valence-corrected chi connectivity index (χ1v) is 8.11. The van der Waals surface area contributed by atoms with Crippen LogP contribution in [0.4, 0.5) is 18.0 Å². The van der Waals surface area contributed by atoms with Crippen LogP contribution in [0.2, 0.25) is 0 Å². The number of esters is 1. The smallest absolute Gasteiger partial charge is 0.459 e. The number of carbonyl (C=O) groups is 2. The molecule has 0 aliphatic rings. The Morgan fingerprint density at radius 3 is 2.19 bits per heavy atom. The number of alkyl halides is 3. The molecule has 0 unspecified atom stereocenters. The Bertz CT molecular complexity index is 689. The minimum Gasteiger partial charge on any atom is -0.459 e. The maximum absolute atomic E-state index is 12.0. The van der Waals surface area contributed by atoms with Crippen LogP contribution in [-0.4, -0.2) is 36.5 Å². The number of hydrogen-bond donors (Lipinski definition) is 1. The first-order valence-electron chi connectivity index (χ1n) is 8.11. The van der Waals surface area contributed by atoms with Crippen LogP contribution in [0, 0.1) is 11.3 Å². The lowest BCUT2D eigenvalue weighted by molar-refractivity contribution is -0.199. The molecule has 1 amide bonds. The quantitative estimate of drug-likeness (QED) is 0.758. The van der Waals surface area contributed by atoms with E-state index in [2.05, 4.69) is 10.1 Å². The number of carbonyl (C=O) groups excluding carboxylic acids is 2. The summed E-state index contributed by atoms with van der Waals surface area (Å²) in [6.45, 7) is 4.73. The van der Waals surface area contributed by atoms with E-state index in [0.29, 0.717) is 5.56 Å². The van der Waals surface area contributed by atoms with Gasteiger partial charge in [0.25, 0.3) is 0 Å². The molecule has 1 aromatic rings. The third-order valence-electron chi connectivity index (χ3n) is 3.16. The summed E-state index contributed by atoms with van der Waals surface area (Å²) in [6, 6.07) is 7.84. The van der Waals surface area contributed by atoms with Crippen molar-refractivity contribution in [1.82, 2.24) is 5.32 Å². The number of hydrogen-bond acceptors (Lipinski definition) is 5. The molecule has 0 spiro atoms. The van der Waals surface area contributed by atoms with Crippen molar-refractivity contribution in [2.45, 2.75) is 51.4 Å². The van der Waals surface area contributed by atoms with Crippen LogP contribution in [0.25, 0.3) is 0 Å². The Morgan fingerprint density at radius 1 is 1.15 bits per heavy atom. The third kappa shape index (κ3) is 8.94. The van der Waals surface area contributed by atoms with Gasteiger partial charge >= 0.3 is 18.2 Å². The summed E-state index contributed by atoms with van der Waals surface area (Å²) in [7, 11) is 0. The third-order valence-corrected chi connectivity index (χ3v) is 3.16. The van der Waals surface area contributed by atoms with Gasteiger partial charge < -0.3 is 14.8 Å². The number of halogens is 3. The van der Waals surface area contributed by atoms with E-state index in [1.807, 2.05) is 6.07 Å². The summed E-state index contributed by atoms with van der Waals surface area (Å²) < 4.78 is 45.3. The van der Waals surface area contributed by atoms with Crippen molar-refractivity contribution in [2.24, 2.45) is 0 Å². The summed E-state index contributed by atoms with van der Waals surface area (Å²) in [4.78, 5) is 22.3. The van der Waals surface area contributed by atoms with Gasteiger partial charge in [-0.3, -0.25) is 0 Å². The average Bonchev–Trinajstić information content (AvgIpc) is 2.53. The minimum absolute atomic E-state index is 0.125. The number of amides is 1. The van der Waals surface area contributed by atoms with E-state index in [4.69, 9.17) is 10.00 Å². The molecule has 0 aromatic heterocycles. The lowest BCUT2D eigenvalue weighted by Gasteiger charge is -2.21. The molecule has 0 heterocycles. The number of nitriles is 1. The van der Waals surface area contributed by atoms with Crippen molar-refractivity contribution < 1.29 is 32.2 Å². The van der Waals surface area contributed by atoms with E-state index in [1.54, 1.807) is 45.0 Å². The van der Waals surface area contributed by atoms with Crippen LogP contribution in [0.1, 0.15) is 31.9 Å². The summed E-state index contributed by atoms with van der Waals surface area (Å²) in [5, 5.41) is 11.6. The second kappa shape index (κ2) is 9.26. The molecule has 1 atom stereocenters. The molecule has 0 fully saturated rings. The normalized spacial score (nSPS) is 12.6. The van der Waals surface area contributed by atoms with E-state index >= 15 is 0 Å². The molecule has 0 saturated carbocycles. The number of nitrogens with zero attached hydrogens (tertiary/aromatic N) is 1. The Labute approximate surface area is 155 Å². The monoisotopic (exact) mass is 386 g/mol. The van der Waals surface area contributed by atoms with Crippen LogP contribution < -0.4 is 5.32 Å². The Hall–Kier alpha value is -2.76. The molecule has 27 heavy (non-hydrogen) atoms. The molecule has 1 N–H and O–H groups in total. The van der Waals surface area contributed by atoms with Crippen molar-refractivity contribution in [3.05, 3.63) is 35.4 Å². The molecular formula is C18H21F3N2O4. The molecule has 0 aliphatic heterocycles. The fourth-order valence-corrected chi connectivity index (χ4v) is 2.00. The van der Waals surface area contributed by atoms with Gasteiger partial charge in [-0.25, -0.2) is 9.59 Å². The van der Waals surface area contributed by atoms with E-state index < -0.39 is 36.5 Å². The van der Waals surface area contributed by atoms with Crippen molar-refractivity contribution in [2.75, 3.05) is 6.61 Å².